The van der Waals surface area contributed by atoms with Crippen LogP contribution in [0.5, 0.6) is 5.88 Å². The van der Waals surface area contributed by atoms with Gasteiger partial charge < -0.3 is 9.64 Å². The summed E-state index contributed by atoms with van der Waals surface area (Å²) in [6.45, 7) is 1.41. The normalized spacial score (nSPS) is 16.3. The summed E-state index contributed by atoms with van der Waals surface area (Å²) in [6.07, 6.45) is 4.90. The highest BCUT2D eigenvalue weighted by Gasteiger charge is 2.29. The van der Waals surface area contributed by atoms with E-state index in [1.54, 1.807) is 24.1 Å². The van der Waals surface area contributed by atoms with Crippen LogP contribution in [0.1, 0.15) is 16.8 Å². The monoisotopic (exact) mass is 379 g/mol. The number of aromatic nitrogens is 3. The van der Waals surface area contributed by atoms with E-state index in [1.165, 1.54) is 34.7 Å². The van der Waals surface area contributed by atoms with E-state index in [-0.39, 0.29) is 17.3 Å². The van der Waals surface area contributed by atoms with E-state index in [0.29, 0.717) is 37.5 Å². The zero-order chi connectivity index (χ0) is 18.7. The van der Waals surface area contributed by atoms with Crippen LogP contribution in [0.4, 0.5) is 0 Å². The van der Waals surface area contributed by atoms with Crippen LogP contribution < -0.4 is 4.74 Å². The lowest BCUT2D eigenvalue weighted by Gasteiger charge is -2.21. The van der Waals surface area contributed by atoms with Crippen LogP contribution in [0, 0.1) is 0 Å². The molecule has 26 heavy (non-hydrogen) atoms. The first kappa shape index (κ1) is 18.3. The predicted molar refractivity (Wildman–Crippen MR) is 93.3 cm³/mol. The molecule has 2 aromatic rings. The van der Waals surface area contributed by atoms with Gasteiger partial charge in [-0.2, -0.15) is 9.40 Å². The molecule has 0 saturated carbocycles. The first-order chi connectivity index (χ1) is 12.4. The summed E-state index contributed by atoms with van der Waals surface area (Å²) in [5.41, 5.74) is 0.473. The van der Waals surface area contributed by atoms with Gasteiger partial charge in [-0.15, -0.1) is 0 Å². The van der Waals surface area contributed by atoms with Gasteiger partial charge in [-0.05, 0) is 12.5 Å². The molecule has 1 saturated heterocycles. The van der Waals surface area contributed by atoms with Gasteiger partial charge in [0.05, 0.1) is 13.3 Å². The highest BCUT2D eigenvalue weighted by Crippen LogP contribution is 2.18. The third-order valence-corrected chi connectivity index (χ3v) is 6.10. The number of sulfonamides is 1. The molecule has 9 nitrogen and oxygen atoms in total. The molecule has 0 spiro atoms. The number of aryl methyl sites for hydroxylation is 1. The van der Waals surface area contributed by atoms with Crippen LogP contribution in [0.25, 0.3) is 0 Å². The molecule has 3 heterocycles. The molecule has 0 bridgehead atoms. The molecule has 0 atom stereocenters. The van der Waals surface area contributed by atoms with E-state index < -0.39 is 10.0 Å². The zero-order valence-electron chi connectivity index (χ0n) is 14.7. The van der Waals surface area contributed by atoms with Gasteiger partial charge in [-0.1, -0.05) is 0 Å². The highest BCUT2D eigenvalue weighted by molar-refractivity contribution is 7.89. The Morgan fingerprint density at radius 1 is 1.23 bits per heavy atom. The minimum Gasteiger partial charge on any atom is -0.481 e. The number of amides is 1. The van der Waals surface area contributed by atoms with Crippen molar-refractivity contribution in [1.82, 2.24) is 24.0 Å². The van der Waals surface area contributed by atoms with E-state index in [1.807, 2.05) is 0 Å². The maximum Gasteiger partial charge on any atom is 0.254 e. The number of carbonyl (C=O) groups excluding carboxylic acids is 1. The topological polar surface area (TPSA) is 97.6 Å². The number of nitrogens with zero attached hydrogens (tertiary/aromatic N) is 5. The Morgan fingerprint density at radius 2 is 2.04 bits per heavy atom. The van der Waals surface area contributed by atoms with Gasteiger partial charge in [0.2, 0.25) is 15.9 Å². The lowest BCUT2D eigenvalue weighted by molar-refractivity contribution is 0.0763. The molecule has 140 valence electrons. The number of rotatable bonds is 4. The maximum absolute atomic E-state index is 12.7. The summed E-state index contributed by atoms with van der Waals surface area (Å²) in [4.78, 5) is 18.5. The minimum atomic E-state index is -3.61. The van der Waals surface area contributed by atoms with Gasteiger partial charge in [0.15, 0.2) is 0 Å². The Kier molecular flexibility index (Phi) is 5.23. The Bertz CT molecular complexity index is 896. The summed E-state index contributed by atoms with van der Waals surface area (Å²) in [7, 11) is -0.446. The van der Waals surface area contributed by atoms with E-state index in [0.717, 1.165) is 0 Å². The van der Waals surface area contributed by atoms with Gasteiger partial charge in [0.1, 0.15) is 4.90 Å². The number of hydrogen-bond acceptors (Lipinski definition) is 6. The number of ether oxygens (including phenoxy) is 1. The molecular formula is C16H21N5O4S. The number of pyridine rings is 1. The number of carbonyl (C=O) groups is 1. The number of hydrogen-bond donors (Lipinski definition) is 0. The third-order valence-electron chi connectivity index (χ3n) is 4.25. The first-order valence-corrected chi connectivity index (χ1v) is 9.64. The molecule has 0 unspecified atom stereocenters. The van der Waals surface area contributed by atoms with Gasteiger partial charge in [0, 0.05) is 57.3 Å². The standard InChI is InChI=1S/C16H21N5O4S/c1-19-12-14(11-18-19)26(23,24)21-7-3-6-20(8-9-21)16(22)13-4-5-17-15(10-13)25-2/h4-5,10-12H,3,6-9H2,1-2H3. The second-order valence-corrected chi connectivity index (χ2v) is 7.92. The van der Waals surface area contributed by atoms with Gasteiger partial charge in [0.25, 0.3) is 5.91 Å². The lowest BCUT2D eigenvalue weighted by atomic mass is 10.2. The Hall–Kier alpha value is -2.46. The quantitative estimate of drug-likeness (QED) is 0.761. The van der Waals surface area contributed by atoms with Crippen molar-refractivity contribution in [3.63, 3.8) is 0 Å². The van der Waals surface area contributed by atoms with Crippen LogP contribution in [-0.4, -0.2) is 71.6 Å². The van der Waals surface area contributed by atoms with E-state index in [2.05, 4.69) is 10.1 Å². The summed E-state index contributed by atoms with van der Waals surface area (Å²) >= 11 is 0. The summed E-state index contributed by atoms with van der Waals surface area (Å²) in [5, 5.41) is 3.93. The van der Waals surface area contributed by atoms with Crippen LogP contribution >= 0.6 is 0 Å². The Balaban J connectivity index is 1.72. The zero-order valence-corrected chi connectivity index (χ0v) is 15.5. The second kappa shape index (κ2) is 7.42. The fourth-order valence-electron chi connectivity index (χ4n) is 2.85. The third kappa shape index (κ3) is 3.70. The van der Waals surface area contributed by atoms with Crippen molar-refractivity contribution < 1.29 is 17.9 Å². The molecule has 0 aromatic carbocycles. The molecule has 3 rings (SSSR count). The molecule has 0 N–H and O–H groups in total. The second-order valence-electron chi connectivity index (χ2n) is 5.99. The van der Waals surface area contributed by atoms with Crippen LogP contribution in [0.3, 0.4) is 0 Å². The first-order valence-electron chi connectivity index (χ1n) is 8.20. The average Bonchev–Trinajstić information content (AvgIpc) is 2.94. The molecule has 1 amide bonds. The molecule has 0 aliphatic carbocycles. The predicted octanol–water partition coefficient (Wildman–Crippen LogP) is 0.361. The van der Waals surface area contributed by atoms with Crippen LogP contribution in [0.2, 0.25) is 0 Å². The fraction of sp³-hybridized carbons (Fsp3) is 0.438. The van der Waals surface area contributed by atoms with Gasteiger partial charge in [-0.25, -0.2) is 13.4 Å². The van der Waals surface area contributed by atoms with Gasteiger partial charge >= 0.3 is 0 Å². The minimum absolute atomic E-state index is 0.161. The van der Waals surface area contributed by atoms with Crippen LogP contribution in [0.15, 0.2) is 35.6 Å². The molecule has 1 aliphatic rings. The summed E-state index contributed by atoms with van der Waals surface area (Å²) < 4.78 is 33.4. The molecular weight excluding hydrogens is 358 g/mol. The van der Waals surface area contributed by atoms with Crippen molar-refractivity contribution >= 4 is 15.9 Å². The van der Waals surface area contributed by atoms with Crippen molar-refractivity contribution in [2.75, 3.05) is 33.3 Å². The molecule has 1 aliphatic heterocycles. The van der Waals surface area contributed by atoms with Crippen molar-refractivity contribution in [3.8, 4) is 5.88 Å². The van der Waals surface area contributed by atoms with E-state index >= 15 is 0 Å². The van der Waals surface area contributed by atoms with Crippen molar-refractivity contribution in [2.45, 2.75) is 11.3 Å². The van der Waals surface area contributed by atoms with Crippen molar-refractivity contribution in [3.05, 3.63) is 36.3 Å². The van der Waals surface area contributed by atoms with E-state index in [9.17, 15) is 13.2 Å². The SMILES string of the molecule is COc1cc(C(=O)N2CCCN(S(=O)(=O)c3cnn(C)c3)CC2)ccn1. The Labute approximate surface area is 152 Å². The Morgan fingerprint density at radius 3 is 2.73 bits per heavy atom. The fourth-order valence-corrected chi connectivity index (χ4v) is 4.31. The summed E-state index contributed by atoms with van der Waals surface area (Å²) in [6, 6.07) is 3.21. The maximum atomic E-state index is 12.7. The highest BCUT2D eigenvalue weighted by atomic mass is 32.2. The number of methoxy groups -OCH3 is 1. The van der Waals surface area contributed by atoms with Crippen molar-refractivity contribution in [1.29, 1.82) is 0 Å². The average molecular weight is 379 g/mol. The van der Waals surface area contributed by atoms with Gasteiger partial charge in [-0.3, -0.25) is 9.48 Å². The van der Waals surface area contributed by atoms with Crippen LogP contribution in [-0.2, 0) is 17.1 Å². The molecule has 0 radical (unpaired) electrons. The smallest absolute Gasteiger partial charge is 0.254 e. The molecule has 10 heteroatoms. The summed E-state index contributed by atoms with van der Waals surface area (Å²) in [5.74, 6) is 0.206. The van der Waals surface area contributed by atoms with Crippen molar-refractivity contribution in [2.24, 2.45) is 7.05 Å². The lowest BCUT2D eigenvalue weighted by Crippen LogP contribution is -2.37. The molecule has 1 fully saturated rings. The van der Waals surface area contributed by atoms with E-state index in [4.69, 9.17) is 4.74 Å². The largest absolute Gasteiger partial charge is 0.481 e. The molecule has 2 aromatic heterocycles.